The molecule has 0 radical (unpaired) electrons. The summed E-state index contributed by atoms with van der Waals surface area (Å²) in [6.45, 7) is 8.45. The van der Waals surface area contributed by atoms with Crippen molar-refractivity contribution in [1.29, 1.82) is 0 Å². The van der Waals surface area contributed by atoms with Gasteiger partial charge in [0.15, 0.2) is 5.82 Å². The third-order valence-corrected chi connectivity index (χ3v) is 5.00. The summed E-state index contributed by atoms with van der Waals surface area (Å²) in [6.07, 6.45) is 4.60. The lowest BCUT2D eigenvalue weighted by Crippen LogP contribution is -2.49. The molecule has 1 heterocycles. The van der Waals surface area contributed by atoms with Gasteiger partial charge in [-0.15, -0.1) is 5.10 Å². The summed E-state index contributed by atoms with van der Waals surface area (Å²) in [6, 6.07) is 8.98. The van der Waals surface area contributed by atoms with Crippen LogP contribution in [0.25, 0.3) is 0 Å². The van der Waals surface area contributed by atoms with Crippen LogP contribution in [0.1, 0.15) is 69.4 Å². The molecule has 0 spiro atoms. The highest BCUT2D eigenvalue weighted by Gasteiger charge is 2.31. The Morgan fingerprint density at radius 3 is 2.48 bits per heavy atom. The molecule has 1 aromatic carbocycles. The van der Waals surface area contributed by atoms with E-state index in [1.165, 1.54) is 24.0 Å². The molecule has 1 aliphatic carbocycles. The normalized spacial score (nSPS) is 22.8. The van der Waals surface area contributed by atoms with E-state index in [-0.39, 0.29) is 23.7 Å². The van der Waals surface area contributed by atoms with Gasteiger partial charge in [-0.1, -0.05) is 42.7 Å². The molecule has 0 saturated heterocycles. The molecule has 0 aliphatic heterocycles. The van der Waals surface area contributed by atoms with Gasteiger partial charge in [0.05, 0.1) is 11.6 Å². The number of tetrazole rings is 1. The minimum absolute atomic E-state index is 0.0658. The van der Waals surface area contributed by atoms with Crippen LogP contribution >= 0.6 is 0 Å². The minimum Gasteiger partial charge on any atom is -0.326 e. The topological polar surface area (TPSA) is 81.7 Å². The van der Waals surface area contributed by atoms with Crippen LogP contribution in [-0.4, -0.2) is 32.3 Å². The number of aromatic nitrogens is 4. The summed E-state index contributed by atoms with van der Waals surface area (Å²) in [5.41, 5.74) is 8.62. The van der Waals surface area contributed by atoms with E-state index in [9.17, 15) is 0 Å². The highest BCUT2D eigenvalue weighted by molar-refractivity contribution is 5.28. The molecule has 1 fully saturated rings. The number of nitrogens with zero attached hydrogens (tertiary/aromatic N) is 4. The number of hydrogen-bond donors (Lipinski definition) is 2. The fourth-order valence-electron chi connectivity index (χ4n) is 3.51. The highest BCUT2D eigenvalue weighted by Crippen LogP contribution is 2.27. The predicted molar refractivity (Wildman–Crippen MR) is 99.2 cm³/mol. The van der Waals surface area contributed by atoms with Gasteiger partial charge in [0.25, 0.3) is 0 Å². The third-order valence-electron chi connectivity index (χ3n) is 5.00. The Hall–Kier alpha value is -1.79. The number of nitrogens with one attached hydrogen (secondary N) is 1. The quantitative estimate of drug-likeness (QED) is 0.893. The molecule has 2 aromatic rings. The summed E-state index contributed by atoms with van der Waals surface area (Å²) < 4.78 is 1.92. The first-order valence-corrected chi connectivity index (χ1v) is 9.23. The second-order valence-corrected chi connectivity index (χ2v) is 8.18. The maximum Gasteiger partial charge on any atom is 0.173 e. The van der Waals surface area contributed by atoms with Gasteiger partial charge in [-0.3, -0.25) is 5.32 Å². The molecule has 6 nitrogen and oxygen atoms in total. The van der Waals surface area contributed by atoms with Gasteiger partial charge >= 0.3 is 0 Å². The van der Waals surface area contributed by atoms with E-state index in [2.05, 4.69) is 72.8 Å². The zero-order valence-corrected chi connectivity index (χ0v) is 15.7. The number of nitrogens with two attached hydrogens (primary N) is 1. The van der Waals surface area contributed by atoms with Crippen molar-refractivity contribution in [2.24, 2.45) is 5.73 Å². The second-order valence-electron chi connectivity index (χ2n) is 8.18. The Morgan fingerprint density at radius 1 is 1.16 bits per heavy atom. The lowest BCUT2D eigenvalue weighted by Gasteiger charge is -2.34. The smallest absolute Gasteiger partial charge is 0.173 e. The Kier molecular flexibility index (Phi) is 5.20. The molecule has 6 heteroatoms. The van der Waals surface area contributed by atoms with Crippen LogP contribution in [0.4, 0.5) is 0 Å². The monoisotopic (exact) mass is 342 g/mol. The standard InChI is InChI=1S/C19H30N6/c1-13-9-11-14(12-10-13)17(21-16-8-6-5-7-15(16)20)18-22-23-24-25(18)19(2,3)4/h9-12,15-17,21H,5-8,20H2,1-4H3. The fraction of sp³-hybridized carbons (Fsp3) is 0.632. The van der Waals surface area contributed by atoms with Crippen LogP contribution in [0.2, 0.25) is 0 Å². The first kappa shape index (κ1) is 18.0. The average Bonchev–Trinajstić information content (AvgIpc) is 3.05. The van der Waals surface area contributed by atoms with Crippen molar-refractivity contribution in [2.75, 3.05) is 0 Å². The van der Waals surface area contributed by atoms with Gasteiger partial charge in [-0.05, 0) is 56.5 Å². The molecule has 1 aliphatic rings. The minimum atomic E-state index is -0.182. The van der Waals surface area contributed by atoms with Crippen LogP contribution in [0.3, 0.4) is 0 Å². The molecule has 0 bridgehead atoms. The van der Waals surface area contributed by atoms with E-state index >= 15 is 0 Å². The van der Waals surface area contributed by atoms with E-state index in [0.717, 1.165) is 18.7 Å². The van der Waals surface area contributed by atoms with Gasteiger partial charge in [-0.25, -0.2) is 4.68 Å². The van der Waals surface area contributed by atoms with Crippen LogP contribution in [0, 0.1) is 6.92 Å². The molecular formula is C19H30N6. The van der Waals surface area contributed by atoms with Crippen molar-refractivity contribution >= 4 is 0 Å². The van der Waals surface area contributed by atoms with Crippen molar-refractivity contribution in [3.63, 3.8) is 0 Å². The summed E-state index contributed by atoms with van der Waals surface area (Å²) >= 11 is 0. The summed E-state index contributed by atoms with van der Waals surface area (Å²) in [7, 11) is 0. The molecule has 25 heavy (non-hydrogen) atoms. The van der Waals surface area contributed by atoms with Crippen LogP contribution < -0.4 is 11.1 Å². The number of hydrogen-bond acceptors (Lipinski definition) is 5. The van der Waals surface area contributed by atoms with E-state index in [4.69, 9.17) is 5.73 Å². The van der Waals surface area contributed by atoms with Crippen LogP contribution in [0.5, 0.6) is 0 Å². The van der Waals surface area contributed by atoms with Gasteiger partial charge < -0.3 is 5.73 Å². The zero-order chi connectivity index (χ0) is 18.0. The Balaban J connectivity index is 1.97. The third kappa shape index (κ3) is 4.07. The van der Waals surface area contributed by atoms with E-state index in [1.807, 2.05) is 4.68 Å². The van der Waals surface area contributed by atoms with Crippen molar-refractivity contribution in [1.82, 2.24) is 25.5 Å². The average molecular weight is 342 g/mol. The lowest BCUT2D eigenvalue weighted by atomic mass is 9.89. The van der Waals surface area contributed by atoms with E-state index in [0.29, 0.717) is 0 Å². The molecular weight excluding hydrogens is 312 g/mol. The zero-order valence-electron chi connectivity index (χ0n) is 15.7. The Labute approximate surface area is 150 Å². The van der Waals surface area contributed by atoms with Crippen molar-refractivity contribution < 1.29 is 0 Å². The van der Waals surface area contributed by atoms with Gasteiger partial charge in [-0.2, -0.15) is 0 Å². The van der Waals surface area contributed by atoms with E-state index < -0.39 is 0 Å². The molecule has 1 saturated carbocycles. The Bertz CT molecular complexity index is 685. The van der Waals surface area contributed by atoms with Gasteiger partial charge in [0.1, 0.15) is 0 Å². The van der Waals surface area contributed by atoms with Crippen molar-refractivity contribution in [3.8, 4) is 0 Å². The molecule has 0 amide bonds. The van der Waals surface area contributed by atoms with Crippen LogP contribution in [-0.2, 0) is 5.54 Å². The van der Waals surface area contributed by atoms with Crippen molar-refractivity contribution in [2.45, 2.75) is 77.0 Å². The first-order valence-electron chi connectivity index (χ1n) is 9.23. The molecule has 136 valence electrons. The molecule has 3 unspecified atom stereocenters. The second kappa shape index (κ2) is 7.22. The molecule has 1 aromatic heterocycles. The van der Waals surface area contributed by atoms with Gasteiger partial charge in [0.2, 0.25) is 0 Å². The summed E-state index contributed by atoms with van der Waals surface area (Å²) in [5, 5.41) is 16.3. The molecule has 3 rings (SSSR count). The largest absolute Gasteiger partial charge is 0.326 e. The first-order chi connectivity index (χ1) is 11.9. The van der Waals surface area contributed by atoms with Crippen LogP contribution in [0.15, 0.2) is 24.3 Å². The van der Waals surface area contributed by atoms with Crippen molar-refractivity contribution in [3.05, 3.63) is 41.2 Å². The predicted octanol–water partition coefficient (Wildman–Crippen LogP) is 2.69. The van der Waals surface area contributed by atoms with Gasteiger partial charge in [0, 0.05) is 12.1 Å². The number of rotatable bonds is 4. The lowest BCUT2D eigenvalue weighted by molar-refractivity contribution is 0.287. The highest BCUT2D eigenvalue weighted by atomic mass is 15.6. The number of benzene rings is 1. The summed E-state index contributed by atoms with van der Waals surface area (Å²) in [4.78, 5) is 0. The maximum atomic E-state index is 6.39. The Morgan fingerprint density at radius 2 is 1.84 bits per heavy atom. The molecule has 3 N–H and O–H groups in total. The summed E-state index contributed by atoms with van der Waals surface area (Å²) in [5.74, 6) is 0.842. The SMILES string of the molecule is Cc1ccc(C(NC2CCCCC2N)c2nnnn2C(C)(C)C)cc1. The maximum absolute atomic E-state index is 6.39. The van der Waals surface area contributed by atoms with E-state index in [1.54, 1.807) is 0 Å². The fourth-order valence-corrected chi connectivity index (χ4v) is 3.51. The molecule has 3 atom stereocenters. The number of aryl methyl sites for hydroxylation is 1.